The summed E-state index contributed by atoms with van der Waals surface area (Å²) in [6.07, 6.45) is 3.81. The number of rotatable bonds is 2. The van der Waals surface area contributed by atoms with Gasteiger partial charge in [0.25, 0.3) is 0 Å². The molecule has 4 nitrogen and oxygen atoms in total. The zero-order valence-corrected chi connectivity index (χ0v) is 11.1. The molecule has 0 radical (unpaired) electrons. The predicted octanol–water partition coefficient (Wildman–Crippen LogP) is 2.30. The molecule has 0 atom stereocenters. The molecule has 2 aromatic heterocycles. The van der Waals surface area contributed by atoms with Crippen LogP contribution in [0.4, 0.5) is 0 Å². The monoisotopic (exact) mass is 242 g/mol. The molecule has 0 unspecified atom stereocenters. The summed E-state index contributed by atoms with van der Waals surface area (Å²) in [6.45, 7) is 8.48. The lowest BCUT2D eigenvalue weighted by molar-refractivity contribution is 0.223. The van der Waals surface area contributed by atoms with Gasteiger partial charge in [-0.1, -0.05) is 0 Å². The highest BCUT2D eigenvalue weighted by molar-refractivity contribution is 5.39. The molecule has 18 heavy (non-hydrogen) atoms. The lowest BCUT2D eigenvalue weighted by Crippen LogP contribution is -2.25. The van der Waals surface area contributed by atoms with Crippen LogP contribution in [0.2, 0.25) is 0 Å². The van der Waals surface area contributed by atoms with Crippen molar-refractivity contribution in [3.05, 3.63) is 41.5 Å². The predicted molar refractivity (Wildman–Crippen MR) is 70.5 cm³/mol. The quantitative estimate of drug-likeness (QED) is 0.810. The summed E-state index contributed by atoms with van der Waals surface area (Å²) >= 11 is 0. The van der Waals surface area contributed by atoms with E-state index in [2.05, 4.69) is 34.9 Å². The summed E-state index contributed by atoms with van der Waals surface area (Å²) < 4.78 is 2.04. The Labute approximate surface area is 107 Å². The van der Waals surface area contributed by atoms with Crippen LogP contribution in [0.5, 0.6) is 0 Å². The van der Waals surface area contributed by atoms with Crippen molar-refractivity contribution >= 4 is 0 Å². The maximum absolute atomic E-state index is 4.51. The topological polar surface area (TPSA) is 34.0 Å². The number of pyridine rings is 1. The normalized spacial score (nSPS) is 15.3. The lowest BCUT2D eigenvalue weighted by atomic mass is 10.2. The Morgan fingerprint density at radius 3 is 2.83 bits per heavy atom. The van der Waals surface area contributed by atoms with E-state index in [1.807, 2.05) is 30.1 Å². The van der Waals surface area contributed by atoms with E-state index in [1.54, 1.807) is 0 Å². The number of hydrogen-bond acceptors (Lipinski definition) is 3. The van der Waals surface area contributed by atoms with Crippen molar-refractivity contribution in [1.82, 2.24) is 19.7 Å². The van der Waals surface area contributed by atoms with Gasteiger partial charge in [-0.2, -0.15) is 5.10 Å². The molecule has 3 rings (SSSR count). The fraction of sp³-hybridized carbons (Fsp3) is 0.429. The van der Waals surface area contributed by atoms with Crippen LogP contribution in [0, 0.1) is 6.92 Å². The summed E-state index contributed by atoms with van der Waals surface area (Å²) in [7, 11) is 0. The van der Waals surface area contributed by atoms with Crippen LogP contribution in [0.15, 0.2) is 24.5 Å². The molecule has 94 valence electrons. The van der Waals surface area contributed by atoms with Gasteiger partial charge in [0.05, 0.1) is 23.3 Å². The van der Waals surface area contributed by atoms with Crippen molar-refractivity contribution in [2.75, 3.05) is 0 Å². The Morgan fingerprint density at radius 1 is 1.28 bits per heavy atom. The second-order valence-corrected chi connectivity index (χ2v) is 5.13. The van der Waals surface area contributed by atoms with Crippen molar-refractivity contribution in [2.45, 2.75) is 39.9 Å². The van der Waals surface area contributed by atoms with Crippen LogP contribution < -0.4 is 0 Å². The van der Waals surface area contributed by atoms with Crippen LogP contribution in [0.25, 0.3) is 5.69 Å². The average Bonchev–Trinajstić information content (AvgIpc) is 2.89. The highest BCUT2D eigenvalue weighted by atomic mass is 15.3. The number of nitrogens with zero attached hydrogens (tertiary/aromatic N) is 4. The lowest BCUT2D eigenvalue weighted by Gasteiger charge is -2.19. The van der Waals surface area contributed by atoms with Gasteiger partial charge in [-0.25, -0.2) is 4.68 Å². The van der Waals surface area contributed by atoms with Gasteiger partial charge in [-0.15, -0.1) is 0 Å². The standard InChI is InChI=1S/C14H18N4/c1-10(2)17-8-12-7-16-18(14(12)9-17)13-5-4-6-15-11(13)3/h4-7,10H,8-9H2,1-3H3. The van der Waals surface area contributed by atoms with E-state index in [4.69, 9.17) is 0 Å². The molecule has 3 heterocycles. The van der Waals surface area contributed by atoms with Gasteiger partial charge in [0.2, 0.25) is 0 Å². The van der Waals surface area contributed by atoms with Gasteiger partial charge in [-0.05, 0) is 32.9 Å². The fourth-order valence-electron chi connectivity index (χ4n) is 2.45. The number of aryl methyl sites for hydroxylation is 1. The molecule has 0 saturated carbocycles. The molecule has 0 saturated heterocycles. The summed E-state index contributed by atoms with van der Waals surface area (Å²) in [5, 5.41) is 4.51. The van der Waals surface area contributed by atoms with Crippen molar-refractivity contribution in [2.24, 2.45) is 0 Å². The maximum atomic E-state index is 4.51. The minimum atomic E-state index is 0.570. The van der Waals surface area contributed by atoms with E-state index in [9.17, 15) is 0 Å². The molecular weight excluding hydrogens is 224 g/mol. The first-order valence-corrected chi connectivity index (χ1v) is 6.38. The molecular formula is C14H18N4. The SMILES string of the molecule is Cc1ncccc1-n1ncc2c1CN(C(C)C)C2. The van der Waals surface area contributed by atoms with E-state index in [1.165, 1.54) is 11.3 Å². The highest BCUT2D eigenvalue weighted by Crippen LogP contribution is 2.26. The smallest absolute Gasteiger partial charge is 0.0861 e. The Bertz CT molecular complexity index is 571. The van der Waals surface area contributed by atoms with E-state index >= 15 is 0 Å². The van der Waals surface area contributed by atoms with Crippen LogP contribution in [0.1, 0.15) is 30.8 Å². The van der Waals surface area contributed by atoms with Crippen molar-refractivity contribution in [3.63, 3.8) is 0 Å². The molecule has 0 fully saturated rings. The minimum Gasteiger partial charge on any atom is -0.291 e. The summed E-state index contributed by atoms with van der Waals surface area (Å²) in [4.78, 5) is 6.79. The third-order valence-corrected chi connectivity index (χ3v) is 3.62. The Balaban J connectivity index is 2.01. The molecule has 1 aliphatic rings. The second-order valence-electron chi connectivity index (χ2n) is 5.13. The van der Waals surface area contributed by atoms with E-state index in [0.717, 1.165) is 24.5 Å². The zero-order chi connectivity index (χ0) is 12.7. The van der Waals surface area contributed by atoms with Gasteiger partial charge in [0, 0.05) is 30.9 Å². The van der Waals surface area contributed by atoms with E-state index in [0.29, 0.717) is 6.04 Å². The molecule has 0 spiro atoms. The largest absolute Gasteiger partial charge is 0.291 e. The zero-order valence-electron chi connectivity index (χ0n) is 11.1. The Hall–Kier alpha value is -1.68. The molecule has 0 bridgehead atoms. The number of hydrogen-bond donors (Lipinski definition) is 0. The van der Waals surface area contributed by atoms with Crippen LogP contribution in [0.3, 0.4) is 0 Å². The molecule has 1 aliphatic heterocycles. The van der Waals surface area contributed by atoms with Gasteiger partial charge in [0.15, 0.2) is 0 Å². The molecule has 0 aromatic carbocycles. The third-order valence-electron chi connectivity index (χ3n) is 3.62. The molecule has 2 aromatic rings. The van der Waals surface area contributed by atoms with Gasteiger partial charge in [-0.3, -0.25) is 9.88 Å². The Morgan fingerprint density at radius 2 is 2.11 bits per heavy atom. The Kier molecular flexibility index (Phi) is 2.67. The molecule has 4 heteroatoms. The molecule has 0 aliphatic carbocycles. The summed E-state index contributed by atoms with van der Waals surface area (Å²) in [6, 6.07) is 4.61. The molecule has 0 amide bonds. The first-order chi connectivity index (χ1) is 8.66. The van der Waals surface area contributed by atoms with E-state index in [-0.39, 0.29) is 0 Å². The van der Waals surface area contributed by atoms with Gasteiger partial charge in [0.1, 0.15) is 0 Å². The minimum absolute atomic E-state index is 0.570. The van der Waals surface area contributed by atoms with Gasteiger partial charge >= 0.3 is 0 Å². The fourth-order valence-corrected chi connectivity index (χ4v) is 2.45. The van der Waals surface area contributed by atoms with Crippen molar-refractivity contribution < 1.29 is 0 Å². The first-order valence-electron chi connectivity index (χ1n) is 6.38. The highest BCUT2D eigenvalue weighted by Gasteiger charge is 2.25. The van der Waals surface area contributed by atoms with Gasteiger partial charge < -0.3 is 0 Å². The van der Waals surface area contributed by atoms with Crippen molar-refractivity contribution in [1.29, 1.82) is 0 Å². The third kappa shape index (κ3) is 1.73. The van der Waals surface area contributed by atoms with Crippen LogP contribution in [-0.2, 0) is 13.1 Å². The first kappa shape index (κ1) is 11.4. The number of fused-ring (bicyclic) bond motifs is 1. The van der Waals surface area contributed by atoms with E-state index < -0.39 is 0 Å². The number of aromatic nitrogens is 3. The maximum Gasteiger partial charge on any atom is 0.0861 e. The summed E-state index contributed by atoms with van der Waals surface area (Å²) in [5.41, 5.74) is 4.75. The average molecular weight is 242 g/mol. The van der Waals surface area contributed by atoms with Crippen LogP contribution in [-0.4, -0.2) is 25.7 Å². The second kappa shape index (κ2) is 4.21. The summed E-state index contributed by atoms with van der Waals surface area (Å²) in [5.74, 6) is 0. The molecule has 0 N–H and O–H groups in total. The van der Waals surface area contributed by atoms with Crippen LogP contribution >= 0.6 is 0 Å². The van der Waals surface area contributed by atoms with Crippen molar-refractivity contribution in [3.8, 4) is 5.69 Å².